The summed E-state index contributed by atoms with van der Waals surface area (Å²) in [6, 6.07) is -1.07. The molecule has 0 saturated carbocycles. The van der Waals surface area contributed by atoms with E-state index in [4.69, 9.17) is 14.6 Å². The van der Waals surface area contributed by atoms with Crippen molar-refractivity contribution in [3.8, 4) is 0 Å². The standard InChI is InChI=1S/C13H19NO7/c1-8(17)14-10-12(19)11(18)9(7-16)21-13(10)20-6-4-2-3-5-15/h5,7,10,12-13,16,19H,2-4,6H2,1H3,(H,14,17)/b9-7+/t10-,12-,13-/m1/s1. The summed E-state index contributed by atoms with van der Waals surface area (Å²) >= 11 is 0. The average molecular weight is 301 g/mol. The molecule has 0 unspecified atom stereocenters. The first-order valence-corrected chi connectivity index (χ1v) is 6.57. The zero-order valence-corrected chi connectivity index (χ0v) is 11.7. The van der Waals surface area contributed by atoms with Crippen LogP contribution in [0.2, 0.25) is 0 Å². The Morgan fingerprint density at radius 2 is 2.19 bits per heavy atom. The number of amides is 1. The fourth-order valence-corrected chi connectivity index (χ4v) is 1.86. The quantitative estimate of drug-likeness (QED) is 0.252. The van der Waals surface area contributed by atoms with E-state index in [0.29, 0.717) is 25.5 Å². The zero-order chi connectivity index (χ0) is 15.8. The van der Waals surface area contributed by atoms with Crippen LogP contribution in [0, 0.1) is 0 Å². The number of carbonyl (C=O) groups excluding carboxylic acids is 3. The second-order valence-electron chi connectivity index (χ2n) is 4.55. The van der Waals surface area contributed by atoms with Crippen molar-refractivity contribution in [2.24, 2.45) is 0 Å². The minimum Gasteiger partial charge on any atom is -0.512 e. The van der Waals surface area contributed by atoms with Crippen molar-refractivity contribution >= 4 is 18.0 Å². The van der Waals surface area contributed by atoms with E-state index in [0.717, 1.165) is 6.29 Å². The highest BCUT2D eigenvalue weighted by molar-refractivity contribution is 5.98. The molecule has 8 nitrogen and oxygen atoms in total. The number of unbranched alkanes of at least 4 members (excludes halogenated alkanes) is 2. The van der Waals surface area contributed by atoms with Gasteiger partial charge in [-0.1, -0.05) is 0 Å². The lowest BCUT2D eigenvalue weighted by Gasteiger charge is -2.35. The van der Waals surface area contributed by atoms with Gasteiger partial charge in [0.15, 0.2) is 0 Å². The Bertz CT molecular complexity index is 421. The Balaban J connectivity index is 2.67. The van der Waals surface area contributed by atoms with Crippen molar-refractivity contribution in [1.82, 2.24) is 5.32 Å². The largest absolute Gasteiger partial charge is 0.512 e. The molecule has 1 fully saturated rings. The molecule has 0 aromatic rings. The van der Waals surface area contributed by atoms with E-state index >= 15 is 0 Å². The molecule has 118 valence electrons. The SMILES string of the molecule is CC(=O)N[C@H]1[C@H](OCCCCC=O)O/C(=C/O)C(=O)[C@@H]1O. The van der Waals surface area contributed by atoms with E-state index < -0.39 is 35.9 Å². The molecular weight excluding hydrogens is 282 g/mol. The Kier molecular flexibility index (Phi) is 6.83. The lowest BCUT2D eigenvalue weighted by Crippen LogP contribution is -2.58. The van der Waals surface area contributed by atoms with Gasteiger partial charge in [-0.15, -0.1) is 0 Å². The molecule has 0 aromatic carbocycles. The Morgan fingerprint density at radius 1 is 1.48 bits per heavy atom. The third kappa shape index (κ3) is 4.83. The molecule has 3 atom stereocenters. The third-order valence-electron chi connectivity index (χ3n) is 2.87. The van der Waals surface area contributed by atoms with Crippen LogP contribution in [0.4, 0.5) is 0 Å². The van der Waals surface area contributed by atoms with Crippen LogP contribution in [0.25, 0.3) is 0 Å². The van der Waals surface area contributed by atoms with Crippen molar-refractivity contribution < 1.29 is 34.1 Å². The highest BCUT2D eigenvalue weighted by atomic mass is 16.7. The number of ketones is 1. The number of Topliss-reactive ketones (excluding diaryl/α,β-unsaturated/α-hetero) is 1. The van der Waals surface area contributed by atoms with Crippen LogP contribution in [-0.2, 0) is 23.9 Å². The predicted octanol–water partition coefficient (Wildman–Crippen LogP) is -0.437. The zero-order valence-electron chi connectivity index (χ0n) is 11.7. The molecule has 1 aliphatic heterocycles. The third-order valence-corrected chi connectivity index (χ3v) is 2.87. The summed E-state index contributed by atoms with van der Waals surface area (Å²) in [6.45, 7) is 1.45. The average Bonchev–Trinajstić information content (AvgIpc) is 2.45. The predicted molar refractivity (Wildman–Crippen MR) is 70.1 cm³/mol. The minimum atomic E-state index is -1.57. The Morgan fingerprint density at radius 3 is 2.76 bits per heavy atom. The van der Waals surface area contributed by atoms with Gasteiger partial charge in [0.05, 0.1) is 6.61 Å². The van der Waals surface area contributed by atoms with E-state index in [2.05, 4.69) is 5.32 Å². The monoisotopic (exact) mass is 301 g/mol. The number of aldehydes is 1. The van der Waals surface area contributed by atoms with Crippen LogP contribution in [-0.4, -0.2) is 53.2 Å². The number of hydrogen-bond donors (Lipinski definition) is 3. The molecule has 0 radical (unpaired) electrons. The Labute approximate surface area is 121 Å². The Hall–Kier alpha value is -1.93. The van der Waals surface area contributed by atoms with E-state index in [1.165, 1.54) is 6.92 Å². The van der Waals surface area contributed by atoms with Crippen LogP contribution in [0.15, 0.2) is 12.0 Å². The first kappa shape index (κ1) is 17.1. The molecule has 1 aliphatic rings. The van der Waals surface area contributed by atoms with Crippen LogP contribution < -0.4 is 5.32 Å². The molecule has 8 heteroatoms. The number of aliphatic hydroxyl groups is 2. The van der Waals surface area contributed by atoms with E-state index in [1.807, 2.05) is 0 Å². The maximum Gasteiger partial charge on any atom is 0.231 e. The van der Waals surface area contributed by atoms with Crippen molar-refractivity contribution in [2.75, 3.05) is 6.61 Å². The van der Waals surface area contributed by atoms with Crippen LogP contribution in [0.3, 0.4) is 0 Å². The molecule has 1 rings (SSSR count). The summed E-state index contributed by atoms with van der Waals surface area (Å²) in [6.07, 6.45) is 0.188. The molecular formula is C13H19NO7. The summed E-state index contributed by atoms with van der Waals surface area (Å²) in [7, 11) is 0. The van der Waals surface area contributed by atoms with Crippen LogP contribution in [0.5, 0.6) is 0 Å². The second kappa shape index (κ2) is 8.38. The number of nitrogens with one attached hydrogen (secondary N) is 1. The van der Waals surface area contributed by atoms with Gasteiger partial charge in [0.1, 0.15) is 24.7 Å². The lowest BCUT2D eigenvalue weighted by molar-refractivity contribution is -0.185. The number of rotatable bonds is 7. The number of hydrogen-bond acceptors (Lipinski definition) is 7. The van der Waals surface area contributed by atoms with Crippen molar-refractivity contribution in [3.63, 3.8) is 0 Å². The normalized spacial score (nSPS) is 27.2. The van der Waals surface area contributed by atoms with Crippen molar-refractivity contribution in [1.29, 1.82) is 0 Å². The lowest BCUT2D eigenvalue weighted by atomic mass is 10.0. The summed E-state index contributed by atoms with van der Waals surface area (Å²) < 4.78 is 10.5. The van der Waals surface area contributed by atoms with Gasteiger partial charge in [0.2, 0.25) is 23.7 Å². The summed E-state index contributed by atoms with van der Waals surface area (Å²) in [5.74, 6) is -1.72. The topological polar surface area (TPSA) is 122 Å². The first-order chi connectivity index (χ1) is 10.0. The molecule has 0 aliphatic carbocycles. The number of aliphatic hydroxyl groups excluding tert-OH is 2. The van der Waals surface area contributed by atoms with E-state index in [1.54, 1.807) is 0 Å². The maximum atomic E-state index is 11.7. The van der Waals surface area contributed by atoms with E-state index in [-0.39, 0.29) is 6.61 Å². The molecule has 21 heavy (non-hydrogen) atoms. The first-order valence-electron chi connectivity index (χ1n) is 6.57. The summed E-state index contributed by atoms with van der Waals surface area (Å²) in [5.41, 5.74) is 0. The maximum absolute atomic E-state index is 11.7. The van der Waals surface area contributed by atoms with Gasteiger partial charge in [-0.25, -0.2) is 0 Å². The number of ether oxygens (including phenoxy) is 2. The fraction of sp³-hybridized carbons (Fsp3) is 0.615. The highest BCUT2D eigenvalue weighted by Gasteiger charge is 2.43. The summed E-state index contributed by atoms with van der Waals surface area (Å²) in [5, 5.41) is 21.2. The summed E-state index contributed by atoms with van der Waals surface area (Å²) in [4.78, 5) is 33.0. The highest BCUT2D eigenvalue weighted by Crippen LogP contribution is 2.21. The minimum absolute atomic E-state index is 0.216. The second-order valence-corrected chi connectivity index (χ2v) is 4.55. The van der Waals surface area contributed by atoms with Gasteiger partial charge in [-0.2, -0.15) is 0 Å². The molecule has 1 heterocycles. The van der Waals surface area contributed by atoms with E-state index in [9.17, 15) is 19.5 Å². The van der Waals surface area contributed by atoms with Crippen LogP contribution >= 0.6 is 0 Å². The van der Waals surface area contributed by atoms with Crippen molar-refractivity contribution in [3.05, 3.63) is 12.0 Å². The van der Waals surface area contributed by atoms with Crippen molar-refractivity contribution in [2.45, 2.75) is 44.6 Å². The molecule has 1 amide bonds. The smallest absolute Gasteiger partial charge is 0.231 e. The van der Waals surface area contributed by atoms with Gasteiger partial charge in [-0.3, -0.25) is 9.59 Å². The molecule has 0 aromatic heterocycles. The molecule has 0 bridgehead atoms. The number of carbonyl (C=O) groups is 3. The molecule has 1 saturated heterocycles. The fourth-order valence-electron chi connectivity index (χ4n) is 1.86. The van der Waals surface area contributed by atoms with Gasteiger partial charge < -0.3 is 29.8 Å². The van der Waals surface area contributed by atoms with Gasteiger partial charge >= 0.3 is 0 Å². The molecule has 0 spiro atoms. The molecule has 3 N–H and O–H groups in total. The van der Waals surface area contributed by atoms with Gasteiger partial charge in [0.25, 0.3) is 0 Å². The van der Waals surface area contributed by atoms with Crippen LogP contribution in [0.1, 0.15) is 26.2 Å². The van der Waals surface area contributed by atoms with Gasteiger partial charge in [-0.05, 0) is 12.8 Å². The van der Waals surface area contributed by atoms with Gasteiger partial charge in [0, 0.05) is 13.3 Å².